The van der Waals surface area contributed by atoms with E-state index in [9.17, 15) is 9.18 Å². The molecule has 18 heavy (non-hydrogen) atoms. The Morgan fingerprint density at radius 2 is 2.22 bits per heavy atom. The van der Waals surface area contributed by atoms with E-state index in [1.165, 1.54) is 6.07 Å². The van der Waals surface area contributed by atoms with Gasteiger partial charge in [-0.25, -0.2) is 4.39 Å². The molecule has 0 heterocycles. The Morgan fingerprint density at radius 1 is 1.56 bits per heavy atom. The Bertz CT molecular complexity index is 474. The van der Waals surface area contributed by atoms with Gasteiger partial charge in [0.15, 0.2) is 0 Å². The highest BCUT2D eigenvalue weighted by molar-refractivity contribution is 5.85. The number of hydrogen-bond donors (Lipinski definition) is 2. The third-order valence-electron chi connectivity index (χ3n) is 3.39. The Balaban J connectivity index is 2.05. The molecule has 1 atom stereocenters. The Hall–Kier alpha value is -1.62. The van der Waals surface area contributed by atoms with E-state index in [0.717, 1.165) is 12.8 Å². The number of hydrogen-bond acceptors (Lipinski definition) is 3. The highest BCUT2D eigenvalue weighted by atomic mass is 19.1. The predicted molar refractivity (Wildman–Crippen MR) is 65.5 cm³/mol. The fraction of sp³-hybridized carbons (Fsp3) is 0.462. The highest BCUT2D eigenvalue weighted by Gasteiger charge is 2.47. The third kappa shape index (κ3) is 2.46. The zero-order chi connectivity index (χ0) is 13.3. The van der Waals surface area contributed by atoms with E-state index in [2.05, 4.69) is 0 Å². The molecule has 0 bridgehead atoms. The van der Waals surface area contributed by atoms with Crippen LogP contribution in [0.1, 0.15) is 18.4 Å². The van der Waals surface area contributed by atoms with Crippen molar-refractivity contribution in [2.75, 3.05) is 6.61 Å². The summed E-state index contributed by atoms with van der Waals surface area (Å²) in [5, 5.41) is 0. The molecule has 98 valence electrons. The lowest BCUT2D eigenvalue weighted by Gasteiger charge is -2.25. The van der Waals surface area contributed by atoms with Gasteiger partial charge in [-0.05, 0) is 37.3 Å². The largest absolute Gasteiger partial charge is 0.491 e. The standard InChI is InChI=1S/C13H17FN2O2/c1-8-2-5-10(6-11(8)14)18-7-13(16,12(15)17)9-3-4-9/h2,5-6,9H,3-4,7,16H2,1H3,(H2,15,17). The van der Waals surface area contributed by atoms with E-state index in [1.54, 1.807) is 19.1 Å². The molecule has 4 nitrogen and oxygen atoms in total. The number of aryl methyl sites for hydroxylation is 1. The molecule has 1 saturated carbocycles. The summed E-state index contributed by atoms with van der Waals surface area (Å²) >= 11 is 0. The summed E-state index contributed by atoms with van der Waals surface area (Å²) in [6.45, 7) is 1.65. The fourth-order valence-electron chi connectivity index (χ4n) is 1.85. The Labute approximate surface area is 105 Å². The number of primary amides is 1. The molecule has 0 spiro atoms. The first-order valence-electron chi connectivity index (χ1n) is 5.91. The molecule has 1 aliphatic carbocycles. The quantitative estimate of drug-likeness (QED) is 0.823. The summed E-state index contributed by atoms with van der Waals surface area (Å²) in [6.07, 6.45) is 1.76. The van der Waals surface area contributed by atoms with Gasteiger partial charge in [0.05, 0.1) is 0 Å². The molecule has 0 saturated heterocycles. The van der Waals surface area contributed by atoms with Gasteiger partial charge in [-0.3, -0.25) is 4.79 Å². The number of ether oxygens (including phenoxy) is 1. The minimum atomic E-state index is -1.15. The molecule has 2 rings (SSSR count). The summed E-state index contributed by atoms with van der Waals surface area (Å²) in [5.41, 5.74) is 10.7. The monoisotopic (exact) mass is 252 g/mol. The van der Waals surface area contributed by atoms with Crippen molar-refractivity contribution in [1.29, 1.82) is 0 Å². The van der Waals surface area contributed by atoms with Gasteiger partial charge in [0.25, 0.3) is 0 Å². The van der Waals surface area contributed by atoms with Gasteiger partial charge >= 0.3 is 0 Å². The van der Waals surface area contributed by atoms with Crippen LogP contribution in [0.15, 0.2) is 18.2 Å². The van der Waals surface area contributed by atoms with Gasteiger partial charge in [-0.1, -0.05) is 6.07 Å². The van der Waals surface area contributed by atoms with Crippen LogP contribution in [-0.2, 0) is 4.79 Å². The zero-order valence-corrected chi connectivity index (χ0v) is 10.3. The van der Waals surface area contributed by atoms with Crippen LogP contribution in [0.2, 0.25) is 0 Å². The Kier molecular flexibility index (Phi) is 3.26. The summed E-state index contributed by atoms with van der Waals surface area (Å²) in [5.74, 6) is -0.488. The zero-order valence-electron chi connectivity index (χ0n) is 10.3. The second-order valence-electron chi connectivity index (χ2n) is 4.88. The summed E-state index contributed by atoms with van der Waals surface area (Å²) in [4.78, 5) is 11.4. The minimum Gasteiger partial charge on any atom is -0.491 e. The highest BCUT2D eigenvalue weighted by Crippen LogP contribution is 2.38. The first-order valence-corrected chi connectivity index (χ1v) is 5.91. The van der Waals surface area contributed by atoms with Crippen LogP contribution >= 0.6 is 0 Å². The summed E-state index contributed by atoms with van der Waals surface area (Å²) < 4.78 is 18.7. The molecule has 1 aromatic rings. The predicted octanol–water partition coefficient (Wildman–Crippen LogP) is 1.11. The lowest BCUT2D eigenvalue weighted by molar-refractivity contribution is -0.125. The number of carbonyl (C=O) groups is 1. The number of benzene rings is 1. The molecule has 1 aliphatic rings. The normalized spacial score (nSPS) is 18.2. The van der Waals surface area contributed by atoms with E-state index in [1.807, 2.05) is 0 Å². The van der Waals surface area contributed by atoms with Crippen LogP contribution in [0.4, 0.5) is 4.39 Å². The van der Waals surface area contributed by atoms with Gasteiger partial charge in [0.1, 0.15) is 23.7 Å². The number of amides is 1. The van der Waals surface area contributed by atoms with Crippen LogP contribution in [0, 0.1) is 18.7 Å². The van der Waals surface area contributed by atoms with Crippen molar-refractivity contribution in [3.63, 3.8) is 0 Å². The number of rotatable bonds is 5. The first-order chi connectivity index (χ1) is 8.43. The van der Waals surface area contributed by atoms with E-state index in [4.69, 9.17) is 16.2 Å². The van der Waals surface area contributed by atoms with Crippen molar-refractivity contribution in [2.45, 2.75) is 25.3 Å². The number of halogens is 1. The number of nitrogens with two attached hydrogens (primary N) is 2. The van der Waals surface area contributed by atoms with Crippen molar-refractivity contribution in [3.8, 4) is 5.75 Å². The van der Waals surface area contributed by atoms with Crippen molar-refractivity contribution >= 4 is 5.91 Å². The van der Waals surface area contributed by atoms with Crippen LogP contribution in [0.3, 0.4) is 0 Å². The van der Waals surface area contributed by atoms with Gasteiger partial charge in [-0.2, -0.15) is 0 Å². The molecule has 0 radical (unpaired) electrons. The van der Waals surface area contributed by atoms with Gasteiger partial charge in [0.2, 0.25) is 5.91 Å². The topological polar surface area (TPSA) is 78.3 Å². The summed E-state index contributed by atoms with van der Waals surface area (Å²) in [6, 6.07) is 4.54. The molecule has 1 unspecified atom stereocenters. The van der Waals surface area contributed by atoms with Crippen molar-refractivity contribution in [2.24, 2.45) is 17.4 Å². The molecule has 5 heteroatoms. The second-order valence-corrected chi connectivity index (χ2v) is 4.88. The van der Waals surface area contributed by atoms with Crippen LogP contribution in [0.5, 0.6) is 5.75 Å². The lowest BCUT2D eigenvalue weighted by atomic mass is 9.95. The van der Waals surface area contributed by atoms with Crippen molar-refractivity contribution in [1.82, 2.24) is 0 Å². The molecule has 4 N–H and O–H groups in total. The summed E-state index contributed by atoms with van der Waals surface area (Å²) in [7, 11) is 0. The number of carbonyl (C=O) groups excluding carboxylic acids is 1. The molecule has 1 fully saturated rings. The van der Waals surface area contributed by atoms with Gasteiger partial charge in [0, 0.05) is 6.07 Å². The molecule has 0 aromatic heterocycles. The smallest absolute Gasteiger partial charge is 0.241 e. The molecule has 0 aliphatic heterocycles. The van der Waals surface area contributed by atoms with E-state index in [0.29, 0.717) is 11.3 Å². The maximum atomic E-state index is 13.3. The Morgan fingerprint density at radius 3 is 2.72 bits per heavy atom. The van der Waals surface area contributed by atoms with Crippen LogP contribution in [-0.4, -0.2) is 18.1 Å². The van der Waals surface area contributed by atoms with E-state index in [-0.39, 0.29) is 18.3 Å². The molecular formula is C13H17FN2O2. The first kappa shape index (κ1) is 12.8. The minimum absolute atomic E-state index is 0.0184. The lowest BCUT2D eigenvalue weighted by Crippen LogP contribution is -2.58. The maximum Gasteiger partial charge on any atom is 0.241 e. The average molecular weight is 252 g/mol. The average Bonchev–Trinajstić information content (AvgIpc) is 3.14. The van der Waals surface area contributed by atoms with Crippen molar-refractivity contribution < 1.29 is 13.9 Å². The molecule has 1 aromatic carbocycles. The van der Waals surface area contributed by atoms with Gasteiger partial charge in [-0.15, -0.1) is 0 Å². The third-order valence-corrected chi connectivity index (χ3v) is 3.39. The van der Waals surface area contributed by atoms with Crippen LogP contribution < -0.4 is 16.2 Å². The molecule has 1 amide bonds. The fourth-order valence-corrected chi connectivity index (χ4v) is 1.85. The van der Waals surface area contributed by atoms with Crippen LogP contribution in [0.25, 0.3) is 0 Å². The maximum absolute atomic E-state index is 13.3. The van der Waals surface area contributed by atoms with E-state index < -0.39 is 11.4 Å². The van der Waals surface area contributed by atoms with Gasteiger partial charge < -0.3 is 16.2 Å². The molecular weight excluding hydrogens is 235 g/mol. The van der Waals surface area contributed by atoms with Crippen molar-refractivity contribution in [3.05, 3.63) is 29.6 Å². The second kappa shape index (κ2) is 4.57. The SMILES string of the molecule is Cc1ccc(OCC(N)(C(N)=O)C2CC2)cc1F. The van der Waals surface area contributed by atoms with E-state index >= 15 is 0 Å².